The van der Waals surface area contributed by atoms with Gasteiger partial charge in [0.25, 0.3) is 0 Å². The summed E-state index contributed by atoms with van der Waals surface area (Å²) in [6.45, 7) is 0. The molecule has 0 saturated carbocycles. The molecule has 8 nitrogen and oxygen atoms in total. The summed E-state index contributed by atoms with van der Waals surface area (Å²) in [5.74, 6) is -2.33. The maximum atomic E-state index is 12.9. The Morgan fingerprint density at radius 1 is 0.812 bits per heavy atom. The summed E-state index contributed by atoms with van der Waals surface area (Å²) >= 11 is 0. The van der Waals surface area contributed by atoms with Gasteiger partial charge in [-0.3, -0.25) is 0 Å². The third kappa shape index (κ3) is 3.85. The Labute approximate surface area is 182 Å². The van der Waals surface area contributed by atoms with Crippen LogP contribution >= 0.6 is 0 Å². The number of aromatic hydroxyl groups is 5. The van der Waals surface area contributed by atoms with Gasteiger partial charge in [-0.15, -0.1) is 0 Å². The minimum atomic E-state index is -0.902. The number of cyclic esters (lactones) is 1. The highest BCUT2D eigenvalue weighted by atomic mass is 16.6. The Kier molecular flexibility index (Phi) is 5.28. The van der Waals surface area contributed by atoms with Gasteiger partial charge in [-0.2, -0.15) is 0 Å². The van der Waals surface area contributed by atoms with Gasteiger partial charge in [-0.25, -0.2) is 4.79 Å². The van der Waals surface area contributed by atoms with Crippen LogP contribution < -0.4 is 4.74 Å². The second-order valence-electron chi connectivity index (χ2n) is 7.37. The number of phenols is 5. The average molecular weight is 436 g/mol. The van der Waals surface area contributed by atoms with E-state index in [2.05, 4.69) is 0 Å². The van der Waals surface area contributed by atoms with Crippen molar-refractivity contribution in [3.63, 3.8) is 0 Å². The van der Waals surface area contributed by atoms with E-state index < -0.39 is 18.0 Å². The summed E-state index contributed by atoms with van der Waals surface area (Å²) < 4.78 is 10.7. The first-order valence-corrected chi connectivity index (χ1v) is 9.61. The van der Waals surface area contributed by atoms with Gasteiger partial charge in [-0.05, 0) is 59.2 Å². The topological polar surface area (TPSA) is 137 Å². The fourth-order valence-electron chi connectivity index (χ4n) is 3.78. The van der Waals surface area contributed by atoms with Crippen molar-refractivity contribution in [3.8, 4) is 34.5 Å². The SMILES string of the molecule is COc1cc(/C=C2/C(=O)O[C@H](c3ccc(O)c(O)c3)[C@H]2c2cc(O)cc(O)c2)ccc1O. The molecule has 1 saturated heterocycles. The molecule has 0 aromatic heterocycles. The number of benzene rings is 3. The molecule has 4 rings (SSSR count). The number of hydrogen-bond donors (Lipinski definition) is 5. The predicted octanol–water partition coefficient (Wildman–Crippen LogP) is 3.69. The lowest BCUT2D eigenvalue weighted by Crippen LogP contribution is -2.07. The lowest BCUT2D eigenvalue weighted by atomic mass is 9.84. The Bertz CT molecular complexity index is 1210. The van der Waals surface area contributed by atoms with Crippen LogP contribution in [0.3, 0.4) is 0 Å². The Hall–Kier alpha value is -4.33. The number of esters is 1. The fraction of sp³-hybridized carbons (Fsp3) is 0.125. The van der Waals surface area contributed by atoms with Gasteiger partial charge in [0.15, 0.2) is 23.0 Å². The molecule has 0 amide bonds. The van der Waals surface area contributed by atoms with Crippen molar-refractivity contribution in [2.24, 2.45) is 0 Å². The Morgan fingerprint density at radius 3 is 2.16 bits per heavy atom. The molecule has 0 spiro atoms. The Morgan fingerprint density at radius 2 is 1.50 bits per heavy atom. The van der Waals surface area contributed by atoms with Gasteiger partial charge in [0.05, 0.1) is 13.0 Å². The van der Waals surface area contributed by atoms with Crippen LogP contribution in [-0.2, 0) is 9.53 Å². The summed E-state index contributed by atoms with van der Waals surface area (Å²) in [6.07, 6.45) is 0.663. The van der Waals surface area contributed by atoms with Gasteiger partial charge in [0.1, 0.15) is 17.6 Å². The smallest absolute Gasteiger partial charge is 0.335 e. The average Bonchev–Trinajstić information content (AvgIpc) is 3.06. The van der Waals surface area contributed by atoms with Gasteiger partial charge >= 0.3 is 5.97 Å². The Balaban J connectivity index is 1.87. The van der Waals surface area contributed by atoms with Crippen molar-refractivity contribution in [3.05, 3.63) is 76.9 Å². The highest BCUT2D eigenvalue weighted by Gasteiger charge is 2.42. The monoisotopic (exact) mass is 436 g/mol. The number of carbonyl (C=O) groups excluding carboxylic acids is 1. The van der Waals surface area contributed by atoms with Crippen molar-refractivity contribution in [1.29, 1.82) is 0 Å². The van der Waals surface area contributed by atoms with Crippen LogP contribution in [0.25, 0.3) is 6.08 Å². The van der Waals surface area contributed by atoms with Crippen molar-refractivity contribution < 1.29 is 39.8 Å². The van der Waals surface area contributed by atoms with E-state index in [0.717, 1.165) is 6.07 Å². The van der Waals surface area contributed by atoms with Crippen LogP contribution in [-0.4, -0.2) is 38.6 Å². The van der Waals surface area contributed by atoms with E-state index in [1.54, 1.807) is 18.2 Å². The van der Waals surface area contributed by atoms with Gasteiger partial charge in [0, 0.05) is 11.6 Å². The molecule has 3 aromatic carbocycles. The normalized spacial score (nSPS) is 19.2. The molecule has 8 heteroatoms. The molecular weight excluding hydrogens is 416 g/mol. The van der Waals surface area contributed by atoms with Crippen LogP contribution in [0.5, 0.6) is 34.5 Å². The van der Waals surface area contributed by atoms with E-state index in [9.17, 15) is 30.3 Å². The first-order chi connectivity index (χ1) is 15.3. The number of rotatable bonds is 4. The minimum absolute atomic E-state index is 0.0597. The van der Waals surface area contributed by atoms with E-state index in [4.69, 9.17) is 9.47 Å². The maximum Gasteiger partial charge on any atom is 0.335 e. The lowest BCUT2D eigenvalue weighted by Gasteiger charge is -2.20. The largest absolute Gasteiger partial charge is 0.508 e. The molecule has 1 aliphatic rings. The molecule has 5 N–H and O–H groups in total. The van der Waals surface area contributed by atoms with Crippen molar-refractivity contribution >= 4 is 12.0 Å². The van der Waals surface area contributed by atoms with Crippen molar-refractivity contribution in [2.45, 2.75) is 12.0 Å². The third-order valence-corrected chi connectivity index (χ3v) is 5.25. The molecule has 0 bridgehead atoms. The lowest BCUT2D eigenvalue weighted by molar-refractivity contribution is -0.139. The standard InChI is InChI=1S/C24H20O8/c1-31-21-7-12(2-4-19(21)28)6-17-22(14-8-15(25)11-16(26)9-14)23(32-24(17)30)13-3-5-18(27)20(29)10-13/h2-11,22-23,25-29H,1H3/b17-6+/t22-,23+/m0/s1. The van der Waals surface area contributed by atoms with E-state index in [-0.39, 0.29) is 40.1 Å². The summed E-state index contributed by atoms with van der Waals surface area (Å²) in [5.41, 5.74) is 1.59. The van der Waals surface area contributed by atoms with Gasteiger partial charge in [-0.1, -0.05) is 12.1 Å². The van der Waals surface area contributed by atoms with Crippen LogP contribution in [0.1, 0.15) is 28.7 Å². The maximum absolute atomic E-state index is 12.9. The second-order valence-corrected chi connectivity index (χ2v) is 7.37. The fourth-order valence-corrected chi connectivity index (χ4v) is 3.78. The molecule has 3 aromatic rings. The zero-order valence-electron chi connectivity index (χ0n) is 16.9. The molecule has 32 heavy (non-hydrogen) atoms. The van der Waals surface area contributed by atoms with Crippen LogP contribution in [0, 0.1) is 0 Å². The van der Waals surface area contributed by atoms with E-state index in [1.807, 2.05) is 0 Å². The number of hydrogen-bond acceptors (Lipinski definition) is 8. The van der Waals surface area contributed by atoms with Crippen molar-refractivity contribution in [2.75, 3.05) is 7.11 Å². The van der Waals surface area contributed by atoms with Crippen molar-refractivity contribution in [1.82, 2.24) is 0 Å². The number of carbonyl (C=O) groups is 1. The van der Waals surface area contributed by atoms with Crippen LogP contribution in [0.15, 0.2) is 60.2 Å². The number of ether oxygens (including phenoxy) is 2. The summed E-state index contributed by atoms with van der Waals surface area (Å²) in [6, 6.07) is 12.6. The van der Waals surface area contributed by atoms with Crippen LogP contribution in [0.2, 0.25) is 0 Å². The third-order valence-electron chi connectivity index (χ3n) is 5.25. The highest BCUT2D eigenvalue weighted by Crippen LogP contribution is 2.49. The van der Waals surface area contributed by atoms with E-state index in [1.165, 1.54) is 43.5 Å². The molecule has 1 heterocycles. The van der Waals surface area contributed by atoms with Crippen LogP contribution in [0.4, 0.5) is 0 Å². The first-order valence-electron chi connectivity index (χ1n) is 9.61. The molecule has 2 atom stereocenters. The van der Waals surface area contributed by atoms with Gasteiger partial charge in [0.2, 0.25) is 0 Å². The first kappa shape index (κ1) is 20.9. The summed E-state index contributed by atoms with van der Waals surface area (Å²) in [4.78, 5) is 12.9. The van der Waals surface area contributed by atoms with E-state index in [0.29, 0.717) is 16.7 Å². The summed E-state index contributed by atoms with van der Waals surface area (Å²) in [7, 11) is 1.40. The second kappa shape index (κ2) is 8.07. The number of phenolic OH excluding ortho intramolecular Hbond substituents is 5. The summed E-state index contributed by atoms with van der Waals surface area (Å²) in [5, 5.41) is 49.4. The zero-order chi connectivity index (χ0) is 23.0. The minimum Gasteiger partial charge on any atom is -0.508 e. The molecule has 0 aliphatic carbocycles. The zero-order valence-corrected chi connectivity index (χ0v) is 16.9. The molecule has 164 valence electrons. The molecule has 0 radical (unpaired) electrons. The highest BCUT2D eigenvalue weighted by molar-refractivity contribution is 5.98. The molecule has 1 aliphatic heterocycles. The van der Waals surface area contributed by atoms with Gasteiger partial charge < -0.3 is 35.0 Å². The molecule has 0 unspecified atom stereocenters. The molecule has 1 fully saturated rings. The quantitative estimate of drug-likeness (QED) is 0.237. The number of methoxy groups -OCH3 is 1. The molecular formula is C24H20O8. The van der Waals surface area contributed by atoms with E-state index >= 15 is 0 Å². The predicted molar refractivity (Wildman–Crippen MR) is 114 cm³/mol.